The average Bonchev–Trinajstić information content (AvgIpc) is 3.01. The molecule has 1 N–H and O–H groups in total. The molecule has 2 aliphatic rings. The summed E-state index contributed by atoms with van der Waals surface area (Å²) < 4.78 is 0. The van der Waals surface area contributed by atoms with E-state index in [1.807, 2.05) is 45.0 Å². The summed E-state index contributed by atoms with van der Waals surface area (Å²) in [6, 6.07) is 2.20. The molecule has 0 amide bonds. The van der Waals surface area contributed by atoms with Crippen molar-refractivity contribution in [2.24, 2.45) is 10.9 Å². The van der Waals surface area contributed by atoms with E-state index in [1.165, 1.54) is 24.2 Å². The molecule has 1 fully saturated rings. The number of allylic oxidation sites excluding steroid dienone is 5. The number of aryl methyl sites for hydroxylation is 2. The third-order valence-electron chi connectivity index (χ3n) is 5.70. The van der Waals surface area contributed by atoms with Crippen molar-refractivity contribution in [2.75, 3.05) is 0 Å². The molecule has 35 heavy (non-hydrogen) atoms. The predicted octanol–water partition coefficient (Wildman–Crippen LogP) is 7.67. The van der Waals surface area contributed by atoms with Crippen molar-refractivity contribution in [3.05, 3.63) is 70.8 Å². The molecule has 188 valence electrons. The third kappa shape index (κ3) is 8.16. The van der Waals surface area contributed by atoms with Gasteiger partial charge in [-0.25, -0.2) is 9.98 Å². The lowest BCUT2D eigenvalue weighted by Gasteiger charge is -2.45. The Balaban J connectivity index is 0.000000328. The molecule has 1 aromatic heterocycles. The monoisotopic (exact) mass is 491 g/mol. The minimum atomic E-state index is 0.334. The van der Waals surface area contributed by atoms with Crippen LogP contribution < -0.4 is 5.32 Å². The molecule has 0 unspecified atom stereocenters. The van der Waals surface area contributed by atoms with Crippen LogP contribution in [0.4, 0.5) is 5.00 Å². The molecule has 0 spiro atoms. The van der Waals surface area contributed by atoms with Gasteiger partial charge >= 0.3 is 0 Å². The molecule has 2 aliphatic heterocycles. The average molecular weight is 492 g/mol. The fraction of sp³-hybridized carbons (Fsp3) is 0.483. The van der Waals surface area contributed by atoms with E-state index in [1.54, 1.807) is 12.2 Å². The maximum absolute atomic E-state index is 9.40. The van der Waals surface area contributed by atoms with Gasteiger partial charge in [0.05, 0.1) is 27.7 Å². The molecule has 5 nitrogen and oxygen atoms in total. The van der Waals surface area contributed by atoms with E-state index >= 15 is 0 Å². The Kier molecular flexibility index (Phi) is 9.22. The van der Waals surface area contributed by atoms with Gasteiger partial charge in [0.1, 0.15) is 11.1 Å². The number of nitriles is 1. The first-order valence-corrected chi connectivity index (χ1v) is 12.9. The smallest absolute Gasteiger partial charge is 0.139 e. The van der Waals surface area contributed by atoms with Crippen molar-refractivity contribution < 1.29 is 0 Å². The first-order valence-electron chi connectivity index (χ1n) is 12.1. The molecular formula is C29H41N5S. The lowest BCUT2D eigenvalue weighted by molar-refractivity contribution is 0.138. The number of nitrogens with one attached hydrogen (secondary N) is 1. The molecular weight excluding hydrogens is 450 g/mol. The highest BCUT2D eigenvalue weighted by molar-refractivity contribution is 7.15. The molecule has 3 rings (SSSR count). The zero-order valence-corrected chi connectivity index (χ0v) is 23.7. The molecule has 6 heteroatoms. The first kappa shape index (κ1) is 28.5. The second-order valence-corrected chi connectivity index (χ2v) is 12.2. The zero-order valence-electron chi connectivity index (χ0n) is 22.9. The number of thiazole rings is 1. The molecule has 1 saturated heterocycles. The standard InChI is InChI=1S/C19H20N4S.C10H21N/c1-7-18(22-19-13(4)21-15(6)24-19)17-8-16(9-20)14(5)23(11-17)10-12(2)3;1-8-6-9(2,3)11-10(4,5)7-8/h7-8,10-11H,1,5H2,2-4,6H3;8,11H,6-7H2,1-5H3/b22-18+;. The minimum absolute atomic E-state index is 0.334. The Morgan fingerprint density at radius 3 is 2.29 bits per heavy atom. The lowest BCUT2D eigenvalue weighted by Crippen LogP contribution is -2.57. The van der Waals surface area contributed by atoms with Gasteiger partial charge in [0.15, 0.2) is 0 Å². The van der Waals surface area contributed by atoms with Crippen LogP contribution in [0.3, 0.4) is 0 Å². The normalized spacial score (nSPS) is 19.6. The molecule has 1 aromatic rings. The maximum Gasteiger partial charge on any atom is 0.139 e. The van der Waals surface area contributed by atoms with Gasteiger partial charge in [-0.1, -0.05) is 37.0 Å². The summed E-state index contributed by atoms with van der Waals surface area (Å²) >= 11 is 1.54. The molecule has 0 radical (unpaired) electrons. The molecule has 0 saturated carbocycles. The number of hydrogen-bond donors (Lipinski definition) is 1. The van der Waals surface area contributed by atoms with Gasteiger partial charge < -0.3 is 10.2 Å². The van der Waals surface area contributed by atoms with Gasteiger partial charge in [-0.2, -0.15) is 5.26 Å². The van der Waals surface area contributed by atoms with Crippen molar-refractivity contribution in [3.63, 3.8) is 0 Å². The Morgan fingerprint density at radius 2 is 1.86 bits per heavy atom. The quantitative estimate of drug-likeness (QED) is 0.439. The van der Waals surface area contributed by atoms with Gasteiger partial charge in [0.25, 0.3) is 0 Å². The largest absolute Gasteiger partial charge is 0.323 e. The van der Waals surface area contributed by atoms with Crippen molar-refractivity contribution in [1.82, 2.24) is 15.2 Å². The van der Waals surface area contributed by atoms with Gasteiger partial charge in [0.2, 0.25) is 0 Å². The van der Waals surface area contributed by atoms with Crippen LogP contribution in [0.5, 0.6) is 0 Å². The van der Waals surface area contributed by atoms with Gasteiger partial charge in [-0.3, -0.25) is 0 Å². The van der Waals surface area contributed by atoms with Gasteiger partial charge in [0, 0.05) is 29.1 Å². The third-order valence-corrected chi connectivity index (χ3v) is 6.67. The van der Waals surface area contributed by atoms with E-state index < -0.39 is 0 Å². The molecule has 3 heterocycles. The number of nitrogens with zero attached hydrogens (tertiary/aromatic N) is 4. The Labute approximate surface area is 216 Å². The van der Waals surface area contributed by atoms with Crippen molar-refractivity contribution >= 4 is 22.0 Å². The van der Waals surface area contributed by atoms with Crippen LogP contribution in [0.25, 0.3) is 0 Å². The van der Waals surface area contributed by atoms with Crippen LogP contribution >= 0.6 is 11.3 Å². The Bertz CT molecular complexity index is 1110. The van der Waals surface area contributed by atoms with E-state index in [-0.39, 0.29) is 0 Å². The highest BCUT2D eigenvalue weighted by atomic mass is 32.1. The fourth-order valence-corrected chi connectivity index (χ4v) is 5.87. The Hall–Kier alpha value is -2.75. The molecule has 0 aliphatic carbocycles. The van der Waals surface area contributed by atoms with Crippen LogP contribution in [-0.4, -0.2) is 26.7 Å². The van der Waals surface area contributed by atoms with Crippen molar-refractivity contribution in [3.8, 4) is 6.07 Å². The summed E-state index contributed by atoms with van der Waals surface area (Å²) in [6.07, 6.45) is 9.95. The van der Waals surface area contributed by atoms with Gasteiger partial charge in [-0.15, -0.1) is 0 Å². The fourth-order valence-electron chi connectivity index (χ4n) is 5.07. The van der Waals surface area contributed by atoms with Crippen LogP contribution in [0.15, 0.2) is 65.1 Å². The van der Waals surface area contributed by atoms with Crippen LogP contribution in [0, 0.1) is 31.1 Å². The van der Waals surface area contributed by atoms with Crippen LogP contribution in [0.1, 0.15) is 72.0 Å². The lowest BCUT2D eigenvalue weighted by atomic mass is 9.77. The molecule has 0 atom stereocenters. The summed E-state index contributed by atoms with van der Waals surface area (Å²) in [7, 11) is 0. The minimum Gasteiger partial charge on any atom is -0.323 e. The van der Waals surface area contributed by atoms with Gasteiger partial charge in [-0.05, 0) is 86.3 Å². The summed E-state index contributed by atoms with van der Waals surface area (Å²) in [6.45, 7) is 27.3. The maximum atomic E-state index is 9.40. The van der Waals surface area contributed by atoms with E-state index in [4.69, 9.17) is 0 Å². The van der Waals surface area contributed by atoms with E-state index in [0.29, 0.717) is 28.1 Å². The first-order chi connectivity index (χ1) is 16.2. The zero-order chi connectivity index (χ0) is 26.6. The van der Waals surface area contributed by atoms with Crippen LogP contribution in [0.2, 0.25) is 0 Å². The highest BCUT2D eigenvalue weighted by Gasteiger charge is 2.35. The second-order valence-electron chi connectivity index (χ2n) is 11.0. The van der Waals surface area contributed by atoms with E-state index in [9.17, 15) is 5.26 Å². The number of aliphatic imine (C=N–C) groups is 1. The van der Waals surface area contributed by atoms with Crippen LogP contribution in [-0.2, 0) is 0 Å². The van der Waals surface area contributed by atoms with E-state index in [0.717, 1.165) is 32.8 Å². The predicted molar refractivity (Wildman–Crippen MR) is 151 cm³/mol. The van der Waals surface area contributed by atoms with E-state index in [2.05, 4.69) is 69.1 Å². The summed E-state index contributed by atoms with van der Waals surface area (Å²) in [5.41, 5.74) is 5.35. The highest BCUT2D eigenvalue weighted by Crippen LogP contribution is 2.32. The second kappa shape index (κ2) is 11.3. The number of piperidine rings is 1. The topological polar surface area (TPSA) is 64.3 Å². The molecule has 0 bridgehead atoms. The number of hydrogen-bond acceptors (Lipinski definition) is 6. The number of rotatable bonds is 4. The number of aromatic nitrogens is 1. The molecule has 0 aromatic carbocycles. The SMILES string of the molecule is C=C/C(=N\c1sc(C)nc1C)C1=CN(C=C(C)C)C(=C)C(C#N)=C1.CC1CC(C)(C)NC(C)(C)C1. The summed E-state index contributed by atoms with van der Waals surface area (Å²) in [5, 5.41) is 14.9. The summed E-state index contributed by atoms with van der Waals surface area (Å²) in [4.78, 5) is 10.9. The summed E-state index contributed by atoms with van der Waals surface area (Å²) in [5.74, 6) is 0.862. The van der Waals surface area contributed by atoms with Crippen molar-refractivity contribution in [2.45, 2.75) is 86.2 Å². The Morgan fingerprint density at radius 1 is 1.26 bits per heavy atom. The van der Waals surface area contributed by atoms with Crippen molar-refractivity contribution in [1.29, 1.82) is 5.26 Å².